The number of aromatic nitrogens is 2. The Bertz CT molecular complexity index is 534. The van der Waals surface area contributed by atoms with Crippen molar-refractivity contribution in [3.63, 3.8) is 0 Å². The molecule has 4 nitrogen and oxygen atoms in total. The standard InChI is InChI=1S/C16H23N3O/c1-4-19-9-8-17-16(19)12-20-15-7-5-6-14(10-15)11-18-13(2)3/h5-10,13,18H,4,11-12H2,1-3H3. The number of imidazole rings is 1. The van der Waals surface area contributed by atoms with E-state index in [1.54, 1.807) is 0 Å². The quantitative estimate of drug-likeness (QED) is 0.843. The Morgan fingerprint density at radius 3 is 2.95 bits per heavy atom. The van der Waals surface area contributed by atoms with Crippen LogP contribution in [0.5, 0.6) is 5.75 Å². The predicted octanol–water partition coefficient (Wildman–Crippen LogP) is 2.98. The van der Waals surface area contributed by atoms with Gasteiger partial charge in [0.25, 0.3) is 0 Å². The minimum Gasteiger partial charge on any atom is -0.486 e. The number of nitrogens with one attached hydrogen (secondary N) is 1. The van der Waals surface area contributed by atoms with Crippen molar-refractivity contribution in [1.29, 1.82) is 0 Å². The predicted molar refractivity (Wildman–Crippen MR) is 80.7 cm³/mol. The van der Waals surface area contributed by atoms with E-state index in [-0.39, 0.29) is 0 Å². The summed E-state index contributed by atoms with van der Waals surface area (Å²) < 4.78 is 7.92. The minimum atomic E-state index is 0.483. The molecule has 1 heterocycles. The third-order valence-electron chi connectivity index (χ3n) is 3.12. The molecule has 0 bridgehead atoms. The lowest BCUT2D eigenvalue weighted by molar-refractivity contribution is 0.289. The van der Waals surface area contributed by atoms with Crippen LogP contribution in [0.4, 0.5) is 0 Å². The normalized spacial score (nSPS) is 11.0. The van der Waals surface area contributed by atoms with Crippen LogP contribution in [0.2, 0.25) is 0 Å². The highest BCUT2D eigenvalue weighted by molar-refractivity contribution is 5.28. The molecule has 0 saturated carbocycles. The Morgan fingerprint density at radius 2 is 2.20 bits per heavy atom. The van der Waals surface area contributed by atoms with Crippen LogP contribution in [-0.2, 0) is 19.7 Å². The molecule has 0 unspecified atom stereocenters. The summed E-state index contributed by atoms with van der Waals surface area (Å²) in [5.41, 5.74) is 1.23. The zero-order chi connectivity index (χ0) is 14.4. The van der Waals surface area contributed by atoms with E-state index in [1.165, 1.54) is 5.56 Å². The van der Waals surface area contributed by atoms with Crippen LogP contribution in [0.3, 0.4) is 0 Å². The molecule has 0 radical (unpaired) electrons. The third kappa shape index (κ3) is 4.10. The fraction of sp³-hybridized carbons (Fsp3) is 0.438. The maximum atomic E-state index is 5.83. The summed E-state index contributed by atoms with van der Waals surface area (Å²) in [5.74, 6) is 1.84. The van der Waals surface area contributed by atoms with Gasteiger partial charge in [0.05, 0.1) is 0 Å². The molecule has 0 spiro atoms. The molecule has 2 rings (SSSR count). The Balaban J connectivity index is 1.94. The summed E-state index contributed by atoms with van der Waals surface area (Å²) in [4.78, 5) is 4.31. The molecule has 20 heavy (non-hydrogen) atoms. The molecule has 108 valence electrons. The van der Waals surface area contributed by atoms with Crippen LogP contribution >= 0.6 is 0 Å². The average Bonchev–Trinajstić information content (AvgIpc) is 2.91. The van der Waals surface area contributed by atoms with Gasteiger partial charge in [-0.3, -0.25) is 0 Å². The van der Waals surface area contributed by atoms with Crippen LogP contribution in [0.1, 0.15) is 32.2 Å². The van der Waals surface area contributed by atoms with E-state index in [4.69, 9.17) is 4.74 Å². The molecular formula is C16H23N3O. The zero-order valence-electron chi connectivity index (χ0n) is 12.5. The van der Waals surface area contributed by atoms with E-state index >= 15 is 0 Å². The van der Waals surface area contributed by atoms with Gasteiger partial charge in [0, 0.05) is 31.5 Å². The summed E-state index contributed by atoms with van der Waals surface area (Å²) in [5, 5.41) is 3.40. The first kappa shape index (κ1) is 14.6. The van der Waals surface area contributed by atoms with Crippen LogP contribution in [0.15, 0.2) is 36.7 Å². The summed E-state index contributed by atoms with van der Waals surface area (Å²) in [6.45, 7) is 8.66. The number of ether oxygens (including phenoxy) is 1. The maximum Gasteiger partial charge on any atom is 0.146 e. The van der Waals surface area contributed by atoms with E-state index in [0.29, 0.717) is 12.6 Å². The van der Waals surface area contributed by atoms with Crippen molar-refractivity contribution in [2.24, 2.45) is 0 Å². The van der Waals surface area contributed by atoms with Crippen LogP contribution in [0, 0.1) is 0 Å². The maximum absolute atomic E-state index is 5.83. The highest BCUT2D eigenvalue weighted by Gasteiger charge is 2.03. The van der Waals surface area contributed by atoms with Gasteiger partial charge in [-0.15, -0.1) is 0 Å². The molecule has 0 aliphatic rings. The van der Waals surface area contributed by atoms with Crippen molar-refractivity contribution in [3.8, 4) is 5.75 Å². The summed E-state index contributed by atoms with van der Waals surface area (Å²) in [6, 6.07) is 8.68. The molecular weight excluding hydrogens is 250 g/mol. The van der Waals surface area contributed by atoms with Gasteiger partial charge in [-0.2, -0.15) is 0 Å². The first-order valence-electron chi connectivity index (χ1n) is 7.14. The zero-order valence-corrected chi connectivity index (χ0v) is 12.5. The fourth-order valence-corrected chi connectivity index (χ4v) is 1.98. The van der Waals surface area contributed by atoms with Crippen molar-refractivity contribution in [2.75, 3.05) is 0 Å². The van der Waals surface area contributed by atoms with Crippen LogP contribution in [0.25, 0.3) is 0 Å². The average molecular weight is 273 g/mol. The largest absolute Gasteiger partial charge is 0.486 e. The Kier molecular flexibility index (Phi) is 5.18. The van der Waals surface area contributed by atoms with Gasteiger partial charge in [0.2, 0.25) is 0 Å². The van der Waals surface area contributed by atoms with Gasteiger partial charge < -0.3 is 14.6 Å². The van der Waals surface area contributed by atoms with Gasteiger partial charge in [-0.1, -0.05) is 26.0 Å². The molecule has 0 fully saturated rings. The molecule has 0 aliphatic carbocycles. The molecule has 1 N–H and O–H groups in total. The van der Waals surface area contributed by atoms with Crippen molar-refractivity contribution < 1.29 is 4.74 Å². The molecule has 0 amide bonds. The second-order valence-corrected chi connectivity index (χ2v) is 5.10. The first-order chi connectivity index (χ1) is 9.69. The topological polar surface area (TPSA) is 39.1 Å². The van der Waals surface area contributed by atoms with Gasteiger partial charge in [-0.25, -0.2) is 4.98 Å². The van der Waals surface area contributed by atoms with E-state index < -0.39 is 0 Å². The Labute approximate surface area is 120 Å². The van der Waals surface area contributed by atoms with Gasteiger partial charge in [0.15, 0.2) is 0 Å². The summed E-state index contributed by atoms with van der Waals surface area (Å²) >= 11 is 0. The highest BCUT2D eigenvalue weighted by Crippen LogP contribution is 2.15. The highest BCUT2D eigenvalue weighted by atomic mass is 16.5. The Morgan fingerprint density at radius 1 is 1.35 bits per heavy atom. The third-order valence-corrected chi connectivity index (χ3v) is 3.12. The minimum absolute atomic E-state index is 0.483. The fourth-order valence-electron chi connectivity index (χ4n) is 1.98. The second-order valence-electron chi connectivity index (χ2n) is 5.10. The van der Waals surface area contributed by atoms with Crippen LogP contribution in [-0.4, -0.2) is 15.6 Å². The number of nitrogens with zero attached hydrogens (tertiary/aromatic N) is 2. The monoisotopic (exact) mass is 273 g/mol. The number of hydrogen-bond donors (Lipinski definition) is 1. The van der Waals surface area contributed by atoms with Crippen molar-refractivity contribution >= 4 is 0 Å². The Hall–Kier alpha value is -1.81. The van der Waals surface area contributed by atoms with Gasteiger partial charge in [0.1, 0.15) is 18.2 Å². The molecule has 1 aromatic heterocycles. The molecule has 1 aromatic carbocycles. The van der Waals surface area contributed by atoms with Crippen molar-refractivity contribution in [1.82, 2.24) is 14.9 Å². The number of rotatable bonds is 7. The first-order valence-corrected chi connectivity index (χ1v) is 7.14. The number of benzene rings is 1. The lowest BCUT2D eigenvalue weighted by Crippen LogP contribution is -2.21. The summed E-state index contributed by atoms with van der Waals surface area (Å²) in [7, 11) is 0. The van der Waals surface area contributed by atoms with Crippen LogP contribution < -0.4 is 10.1 Å². The molecule has 0 aliphatic heterocycles. The molecule has 2 aromatic rings. The SMILES string of the molecule is CCn1ccnc1COc1cccc(CNC(C)C)c1. The second kappa shape index (κ2) is 7.10. The van der Waals surface area contributed by atoms with Crippen molar-refractivity contribution in [3.05, 3.63) is 48.0 Å². The smallest absolute Gasteiger partial charge is 0.146 e. The van der Waals surface area contributed by atoms with Crippen molar-refractivity contribution in [2.45, 2.75) is 46.5 Å². The summed E-state index contributed by atoms with van der Waals surface area (Å²) in [6.07, 6.45) is 3.78. The van der Waals surface area contributed by atoms with E-state index in [2.05, 4.69) is 47.8 Å². The number of aryl methyl sites for hydroxylation is 1. The lowest BCUT2D eigenvalue weighted by atomic mass is 10.2. The molecule has 0 atom stereocenters. The van der Waals surface area contributed by atoms with Gasteiger partial charge >= 0.3 is 0 Å². The molecule has 4 heteroatoms. The van der Waals surface area contributed by atoms with Gasteiger partial charge in [-0.05, 0) is 24.6 Å². The molecule has 0 saturated heterocycles. The lowest BCUT2D eigenvalue weighted by Gasteiger charge is -2.11. The van der Waals surface area contributed by atoms with E-state index in [9.17, 15) is 0 Å². The number of hydrogen-bond acceptors (Lipinski definition) is 3. The van der Waals surface area contributed by atoms with E-state index in [1.807, 2.05) is 24.5 Å². The van der Waals surface area contributed by atoms with E-state index in [0.717, 1.165) is 24.7 Å².